The zero-order valence-electron chi connectivity index (χ0n) is 16.8. The molecule has 2 aromatic heterocycles. The lowest BCUT2D eigenvalue weighted by molar-refractivity contribution is -0.129. The minimum absolute atomic E-state index is 0.179. The van der Waals surface area contributed by atoms with Crippen molar-refractivity contribution in [1.29, 1.82) is 0 Å². The van der Waals surface area contributed by atoms with E-state index in [1.165, 1.54) is 11.3 Å². The number of amides is 1. The highest BCUT2D eigenvalue weighted by atomic mass is 32.1. The van der Waals surface area contributed by atoms with Crippen LogP contribution < -0.4 is 0 Å². The topological polar surface area (TPSA) is 62.5 Å². The van der Waals surface area contributed by atoms with Crippen LogP contribution in [0.3, 0.4) is 0 Å². The summed E-state index contributed by atoms with van der Waals surface area (Å²) < 4.78 is 2.08. The fourth-order valence-electron chi connectivity index (χ4n) is 4.06. The minimum atomic E-state index is -0.521. The first-order chi connectivity index (χ1) is 13.9. The predicted octanol–water partition coefficient (Wildman–Crippen LogP) is 4.40. The van der Waals surface area contributed by atoms with Crippen molar-refractivity contribution < 1.29 is 14.7 Å². The number of hydrogen-bond donors (Lipinski definition) is 1. The third-order valence-electron chi connectivity index (χ3n) is 5.51. The number of aryl methyl sites for hydroxylation is 1. The van der Waals surface area contributed by atoms with E-state index in [0.29, 0.717) is 13.0 Å². The number of aliphatic hydroxyl groups is 1. The molecule has 1 aromatic carbocycles. The quantitative estimate of drug-likeness (QED) is 0.657. The standard InChI is InChI=1S/C23H24N2O3S/c1-14(2)21(26)19-20(18-9-6-12-29-18)25(23(28)22(19)27)11-10-15-13-24(3)17-8-5-4-7-16(15)17/h4-9,12-14,20,27H,10-11H2,1-3H3. The van der Waals surface area contributed by atoms with Crippen molar-refractivity contribution in [2.75, 3.05) is 6.54 Å². The molecule has 5 nitrogen and oxygen atoms in total. The van der Waals surface area contributed by atoms with Crippen molar-refractivity contribution in [2.24, 2.45) is 13.0 Å². The van der Waals surface area contributed by atoms with Crippen molar-refractivity contribution >= 4 is 33.9 Å². The summed E-state index contributed by atoms with van der Waals surface area (Å²) >= 11 is 1.49. The zero-order valence-corrected chi connectivity index (χ0v) is 17.6. The van der Waals surface area contributed by atoms with E-state index in [-0.39, 0.29) is 17.3 Å². The summed E-state index contributed by atoms with van der Waals surface area (Å²) in [4.78, 5) is 28.2. The van der Waals surface area contributed by atoms with Crippen LogP contribution in [0.2, 0.25) is 0 Å². The van der Waals surface area contributed by atoms with Crippen LogP contribution in [0, 0.1) is 5.92 Å². The number of carbonyl (C=O) groups is 2. The molecule has 0 aliphatic carbocycles. The first-order valence-electron chi connectivity index (χ1n) is 9.74. The Kier molecular flexibility index (Phi) is 5.04. The first kappa shape index (κ1) is 19.5. The van der Waals surface area contributed by atoms with E-state index in [4.69, 9.17) is 0 Å². The third-order valence-corrected chi connectivity index (χ3v) is 6.43. The number of thiophene rings is 1. The van der Waals surface area contributed by atoms with E-state index in [1.54, 1.807) is 18.7 Å². The Hall–Kier alpha value is -2.86. The Bertz CT molecular complexity index is 1110. The van der Waals surface area contributed by atoms with Gasteiger partial charge in [-0.15, -0.1) is 11.3 Å². The summed E-state index contributed by atoms with van der Waals surface area (Å²) in [6, 6.07) is 11.5. The van der Waals surface area contributed by atoms with Gasteiger partial charge in [-0.1, -0.05) is 38.1 Å². The fraction of sp³-hybridized carbons (Fsp3) is 0.304. The second-order valence-electron chi connectivity index (χ2n) is 7.73. The van der Waals surface area contributed by atoms with Crippen molar-refractivity contribution in [1.82, 2.24) is 9.47 Å². The van der Waals surface area contributed by atoms with Gasteiger partial charge in [0.05, 0.1) is 11.6 Å². The average molecular weight is 409 g/mol. The number of hydrogen-bond acceptors (Lipinski definition) is 4. The normalized spacial score (nSPS) is 17.2. The first-order valence-corrected chi connectivity index (χ1v) is 10.6. The van der Waals surface area contributed by atoms with Crippen molar-refractivity contribution in [3.63, 3.8) is 0 Å². The van der Waals surface area contributed by atoms with Crippen molar-refractivity contribution in [3.05, 3.63) is 69.7 Å². The van der Waals surface area contributed by atoms with Crippen LogP contribution in [0.5, 0.6) is 0 Å². The highest BCUT2D eigenvalue weighted by Gasteiger charge is 2.44. The van der Waals surface area contributed by atoms with E-state index in [2.05, 4.69) is 22.9 Å². The van der Waals surface area contributed by atoms with Gasteiger partial charge in [-0.25, -0.2) is 0 Å². The number of fused-ring (bicyclic) bond motifs is 1. The second kappa shape index (κ2) is 7.52. The summed E-state index contributed by atoms with van der Waals surface area (Å²) in [6.45, 7) is 4.00. The Morgan fingerprint density at radius 1 is 1.21 bits per heavy atom. The summed E-state index contributed by atoms with van der Waals surface area (Å²) in [5.41, 5.74) is 2.51. The van der Waals surface area contributed by atoms with Crippen molar-refractivity contribution in [3.8, 4) is 0 Å². The van der Waals surface area contributed by atoms with Crippen LogP contribution in [0.4, 0.5) is 0 Å². The van der Waals surface area contributed by atoms with Crippen molar-refractivity contribution in [2.45, 2.75) is 26.3 Å². The minimum Gasteiger partial charge on any atom is -0.503 e. The van der Waals surface area contributed by atoms with Crippen LogP contribution in [0.15, 0.2) is 59.3 Å². The van der Waals surface area contributed by atoms with Gasteiger partial charge in [-0.3, -0.25) is 9.59 Å². The number of nitrogens with zero attached hydrogens (tertiary/aromatic N) is 2. The SMILES string of the molecule is CC(C)C(=O)C1=C(O)C(=O)N(CCc2cn(C)c3ccccc23)C1c1cccs1. The van der Waals surface area contributed by atoms with Gasteiger partial charge in [0.1, 0.15) is 0 Å². The highest BCUT2D eigenvalue weighted by Crippen LogP contribution is 2.40. The molecule has 0 saturated heterocycles. The number of ketones is 1. The molecule has 0 bridgehead atoms. The number of aromatic nitrogens is 1. The maximum absolute atomic E-state index is 12.9. The summed E-state index contributed by atoms with van der Waals surface area (Å²) in [7, 11) is 2.01. The van der Waals surface area contributed by atoms with Gasteiger partial charge >= 0.3 is 0 Å². The molecule has 1 aliphatic rings. The molecule has 0 saturated carbocycles. The maximum atomic E-state index is 12.9. The van der Waals surface area contributed by atoms with Gasteiger partial charge in [-0.05, 0) is 29.5 Å². The van der Waals surface area contributed by atoms with Gasteiger partial charge < -0.3 is 14.6 Å². The molecular formula is C23H24N2O3S. The number of para-hydroxylation sites is 1. The lowest BCUT2D eigenvalue weighted by Crippen LogP contribution is -2.33. The van der Waals surface area contributed by atoms with Crippen LogP contribution in [0.1, 0.15) is 30.3 Å². The lowest BCUT2D eigenvalue weighted by Gasteiger charge is -2.26. The molecule has 1 aliphatic heterocycles. The van der Waals surface area contributed by atoms with E-state index in [0.717, 1.165) is 21.3 Å². The Morgan fingerprint density at radius 3 is 2.66 bits per heavy atom. The number of rotatable bonds is 6. The molecule has 1 unspecified atom stereocenters. The highest BCUT2D eigenvalue weighted by molar-refractivity contribution is 7.10. The predicted molar refractivity (Wildman–Crippen MR) is 115 cm³/mol. The number of aliphatic hydroxyl groups excluding tert-OH is 1. The van der Waals surface area contributed by atoms with Crippen LogP contribution in [-0.4, -0.2) is 32.8 Å². The molecule has 0 spiro atoms. The zero-order chi connectivity index (χ0) is 20.7. The molecule has 3 heterocycles. The molecule has 150 valence electrons. The molecule has 6 heteroatoms. The van der Waals surface area contributed by atoms with Gasteiger partial charge in [0.2, 0.25) is 0 Å². The maximum Gasteiger partial charge on any atom is 0.290 e. The fourth-order valence-corrected chi connectivity index (χ4v) is 4.90. The molecular weight excluding hydrogens is 384 g/mol. The van der Waals surface area contributed by atoms with Gasteiger partial charge in [0, 0.05) is 41.5 Å². The Balaban J connectivity index is 1.67. The summed E-state index contributed by atoms with van der Waals surface area (Å²) in [6.07, 6.45) is 2.73. The molecule has 1 atom stereocenters. The number of Topliss-reactive ketones (excluding diaryl/α,β-unsaturated/α-hetero) is 1. The molecule has 1 N–H and O–H groups in total. The number of carbonyl (C=O) groups excluding carboxylic acids is 2. The van der Waals surface area contributed by atoms with Crippen LogP contribution in [-0.2, 0) is 23.1 Å². The average Bonchev–Trinajstić information content (AvgIpc) is 3.40. The van der Waals surface area contributed by atoms with Crippen LogP contribution >= 0.6 is 11.3 Å². The third kappa shape index (κ3) is 3.27. The van der Waals surface area contributed by atoms with E-state index in [1.807, 2.05) is 36.7 Å². The molecule has 0 radical (unpaired) electrons. The largest absolute Gasteiger partial charge is 0.503 e. The number of benzene rings is 1. The molecule has 0 fully saturated rings. The second-order valence-corrected chi connectivity index (χ2v) is 8.71. The van der Waals surface area contributed by atoms with E-state index in [9.17, 15) is 14.7 Å². The Morgan fingerprint density at radius 2 is 1.97 bits per heavy atom. The molecule has 4 rings (SSSR count). The Labute approximate surface area is 173 Å². The van der Waals surface area contributed by atoms with Gasteiger partial charge in [-0.2, -0.15) is 0 Å². The molecule has 3 aromatic rings. The van der Waals surface area contributed by atoms with Gasteiger partial charge in [0.25, 0.3) is 5.91 Å². The monoisotopic (exact) mass is 408 g/mol. The summed E-state index contributed by atoms with van der Waals surface area (Å²) in [5, 5.41) is 13.6. The van der Waals surface area contributed by atoms with Crippen LogP contribution in [0.25, 0.3) is 10.9 Å². The lowest BCUT2D eigenvalue weighted by atomic mass is 9.94. The van der Waals surface area contributed by atoms with E-state index < -0.39 is 17.7 Å². The van der Waals surface area contributed by atoms with E-state index >= 15 is 0 Å². The summed E-state index contributed by atoms with van der Waals surface area (Å²) in [5.74, 6) is -1.34. The van der Waals surface area contributed by atoms with Gasteiger partial charge in [0.15, 0.2) is 11.5 Å². The smallest absolute Gasteiger partial charge is 0.290 e. The molecule has 1 amide bonds. The molecule has 29 heavy (non-hydrogen) atoms.